The van der Waals surface area contributed by atoms with Gasteiger partial charge in [0.15, 0.2) is 11.5 Å². The second kappa shape index (κ2) is 12.4. The van der Waals surface area contributed by atoms with Crippen LogP contribution in [0.3, 0.4) is 0 Å². The summed E-state index contributed by atoms with van der Waals surface area (Å²) >= 11 is 0. The van der Waals surface area contributed by atoms with Gasteiger partial charge in [0, 0.05) is 25.2 Å². The van der Waals surface area contributed by atoms with E-state index in [-0.39, 0.29) is 28.4 Å². The summed E-state index contributed by atoms with van der Waals surface area (Å²) in [7, 11) is -0.0664. The van der Waals surface area contributed by atoms with Crippen LogP contribution in [-0.2, 0) is 26.2 Å². The highest BCUT2D eigenvalue weighted by atomic mass is 32.2. The Morgan fingerprint density at radius 3 is 2.18 bits per heavy atom. The Hall–Kier alpha value is -4.12. The maximum Gasteiger partial charge on any atom is 0.264 e. The molecule has 0 saturated carbocycles. The van der Waals surface area contributed by atoms with E-state index in [1.54, 1.807) is 36.4 Å². The van der Waals surface area contributed by atoms with Crippen LogP contribution in [0.25, 0.3) is 0 Å². The molecule has 202 valence electrons. The Morgan fingerprint density at radius 1 is 0.947 bits per heavy atom. The molecule has 38 heavy (non-hydrogen) atoms. The van der Waals surface area contributed by atoms with E-state index in [2.05, 4.69) is 5.32 Å². The lowest BCUT2D eigenvalue weighted by Crippen LogP contribution is -2.50. The second-order valence-electron chi connectivity index (χ2n) is 8.27. The molecule has 9 nitrogen and oxygen atoms in total. The average molecular weight is 544 g/mol. The van der Waals surface area contributed by atoms with Crippen LogP contribution >= 0.6 is 0 Å². The number of sulfonamides is 1. The van der Waals surface area contributed by atoms with Gasteiger partial charge in [-0.25, -0.2) is 12.8 Å². The van der Waals surface area contributed by atoms with Gasteiger partial charge < -0.3 is 19.7 Å². The zero-order chi connectivity index (χ0) is 27.9. The molecule has 2 amide bonds. The molecule has 0 aromatic heterocycles. The first kappa shape index (κ1) is 28.5. The number of benzene rings is 3. The molecule has 0 bridgehead atoms. The van der Waals surface area contributed by atoms with Crippen LogP contribution in [-0.4, -0.2) is 59.0 Å². The number of nitrogens with zero attached hydrogens (tertiary/aromatic N) is 2. The minimum Gasteiger partial charge on any atom is -0.493 e. The molecular weight excluding hydrogens is 513 g/mol. The number of para-hydroxylation sites is 1. The highest BCUT2D eigenvalue weighted by Gasteiger charge is 2.33. The minimum absolute atomic E-state index is 0.133. The third-order valence-electron chi connectivity index (χ3n) is 5.98. The fourth-order valence-corrected chi connectivity index (χ4v) is 5.26. The largest absolute Gasteiger partial charge is 0.493 e. The highest BCUT2D eigenvalue weighted by molar-refractivity contribution is 7.92. The van der Waals surface area contributed by atoms with Crippen LogP contribution in [0, 0.1) is 5.82 Å². The number of amides is 2. The van der Waals surface area contributed by atoms with E-state index >= 15 is 0 Å². The zero-order valence-corrected chi connectivity index (χ0v) is 22.4. The number of hydrogen-bond donors (Lipinski definition) is 1. The first-order valence-electron chi connectivity index (χ1n) is 11.7. The number of halogens is 1. The lowest BCUT2D eigenvalue weighted by Gasteiger charge is -2.31. The first-order chi connectivity index (χ1) is 18.1. The van der Waals surface area contributed by atoms with Crippen LogP contribution < -0.4 is 19.1 Å². The number of anilines is 1. The van der Waals surface area contributed by atoms with Crippen molar-refractivity contribution >= 4 is 27.5 Å². The first-order valence-corrected chi connectivity index (χ1v) is 13.1. The van der Waals surface area contributed by atoms with Crippen LogP contribution in [0.15, 0.2) is 77.7 Å². The monoisotopic (exact) mass is 543 g/mol. The molecule has 0 unspecified atom stereocenters. The molecule has 3 aromatic rings. The lowest BCUT2D eigenvalue weighted by molar-refractivity contribution is -0.139. The van der Waals surface area contributed by atoms with E-state index < -0.39 is 40.2 Å². The molecule has 0 aliphatic heterocycles. The van der Waals surface area contributed by atoms with Gasteiger partial charge in [0.1, 0.15) is 18.4 Å². The van der Waals surface area contributed by atoms with Gasteiger partial charge in [-0.05, 0) is 37.3 Å². The number of methoxy groups -OCH3 is 2. The molecule has 11 heteroatoms. The van der Waals surface area contributed by atoms with Gasteiger partial charge in [0.25, 0.3) is 10.0 Å². The Morgan fingerprint density at radius 2 is 1.58 bits per heavy atom. The van der Waals surface area contributed by atoms with E-state index in [1.165, 1.54) is 64.6 Å². The van der Waals surface area contributed by atoms with E-state index in [0.29, 0.717) is 5.75 Å². The number of carbonyl (C=O) groups excluding carboxylic acids is 2. The van der Waals surface area contributed by atoms with Gasteiger partial charge in [0.2, 0.25) is 11.8 Å². The Balaban J connectivity index is 2.05. The van der Waals surface area contributed by atoms with Crippen LogP contribution in [0.1, 0.15) is 12.5 Å². The minimum atomic E-state index is -4.30. The van der Waals surface area contributed by atoms with Crippen molar-refractivity contribution in [1.29, 1.82) is 0 Å². The Labute approximate surface area is 221 Å². The summed E-state index contributed by atoms with van der Waals surface area (Å²) in [5.41, 5.74) is 0.416. The molecule has 0 spiro atoms. The SMILES string of the molecule is CNC(=O)[C@@H](C)N(Cc1ccccc1F)C(=O)CN(c1ccccc1)S(=O)(=O)c1ccc(OC)c(OC)c1. The van der Waals surface area contributed by atoms with Crippen molar-refractivity contribution in [3.05, 3.63) is 84.2 Å². The summed E-state index contributed by atoms with van der Waals surface area (Å²) in [5, 5.41) is 2.48. The number of ether oxygens (including phenoxy) is 2. The summed E-state index contributed by atoms with van der Waals surface area (Å²) in [6.45, 7) is 0.614. The Bertz CT molecular complexity index is 1380. The molecule has 3 aromatic carbocycles. The molecule has 0 heterocycles. The lowest BCUT2D eigenvalue weighted by atomic mass is 10.1. The molecule has 0 aliphatic carbocycles. The van der Waals surface area contributed by atoms with Crippen molar-refractivity contribution in [2.24, 2.45) is 0 Å². The van der Waals surface area contributed by atoms with Crippen LogP contribution in [0.4, 0.5) is 10.1 Å². The smallest absolute Gasteiger partial charge is 0.264 e. The Kier molecular flexibility index (Phi) is 9.30. The summed E-state index contributed by atoms with van der Waals surface area (Å²) in [5.74, 6) is -1.19. The van der Waals surface area contributed by atoms with Gasteiger partial charge in [0.05, 0.1) is 24.8 Å². The average Bonchev–Trinajstić information content (AvgIpc) is 2.94. The van der Waals surface area contributed by atoms with Crippen molar-refractivity contribution in [1.82, 2.24) is 10.2 Å². The van der Waals surface area contributed by atoms with Crippen molar-refractivity contribution in [2.45, 2.75) is 24.4 Å². The van der Waals surface area contributed by atoms with Gasteiger partial charge in [-0.15, -0.1) is 0 Å². The maximum absolute atomic E-state index is 14.5. The summed E-state index contributed by atoms with van der Waals surface area (Å²) in [4.78, 5) is 27.2. The van der Waals surface area contributed by atoms with Crippen LogP contribution in [0.5, 0.6) is 11.5 Å². The van der Waals surface area contributed by atoms with E-state index in [4.69, 9.17) is 9.47 Å². The predicted octanol–water partition coefficient (Wildman–Crippen LogP) is 3.20. The molecule has 1 atom stereocenters. The number of likely N-dealkylation sites (N-methyl/N-ethyl adjacent to an activating group) is 1. The normalized spacial score (nSPS) is 11.8. The fourth-order valence-electron chi connectivity index (χ4n) is 3.83. The van der Waals surface area contributed by atoms with Gasteiger partial charge in [-0.3, -0.25) is 13.9 Å². The van der Waals surface area contributed by atoms with Gasteiger partial charge in [-0.2, -0.15) is 0 Å². The quantitative estimate of drug-likeness (QED) is 0.398. The summed E-state index contributed by atoms with van der Waals surface area (Å²) < 4.78 is 53.6. The highest BCUT2D eigenvalue weighted by Crippen LogP contribution is 2.32. The molecule has 0 saturated heterocycles. The molecular formula is C27H30FN3O6S. The van der Waals surface area contributed by atoms with Crippen LogP contribution in [0.2, 0.25) is 0 Å². The summed E-state index contributed by atoms with van der Waals surface area (Å²) in [6.07, 6.45) is 0. The number of rotatable bonds is 11. The maximum atomic E-state index is 14.5. The second-order valence-corrected chi connectivity index (χ2v) is 10.1. The standard InChI is InChI=1S/C27H30FN3O6S/c1-19(27(33)29-2)30(17-20-10-8-9-13-23(20)28)26(32)18-31(21-11-6-5-7-12-21)38(34,35)22-14-15-24(36-3)25(16-22)37-4/h5-16,19H,17-18H2,1-4H3,(H,29,33)/t19-/m1/s1. The number of hydrogen-bond acceptors (Lipinski definition) is 6. The molecule has 0 fully saturated rings. The topological polar surface area (TPSA) is 105 Å². The molecule has 0 aliphatic rings. The fraction of sp³-hybridized carbons (Fsp3) is 0.259. The zero-order valence-electron chi connectivity index (χ0n) is 21.5. The summed E-state index contributed by atoms with van der Waals surface area (Å²) in [6, 6.07) is 17.1. The van der Waals surface area contributed by atoms with Gasteiger partial charge >= 0.3 is 0 Å². The van der Waals surface area contributed by atoms with Crippen molar-refractivity contribution in [3.8, 4) is 11.5 Å². The van der Waals surface area contributed by atoms with Crippen molar-refractivity contribution in [3.63, 3.8) is 0 Å². The number of nitrogens with one attached hydrogen (secondary N) is 1. The molecule has 0 radical (unpaired) electrons. The van der Waals surface area contributed by atoms with Gasteiger partial charge in [-0.1, -0.05) is 36.4 Å². The third kappa shape index (κ3) is 6.23. The van der Waals surface area contributed by atoms with E-state index in [1.807, 2.05) is 0 Å². The van der Waals surface area contributed by atoms with Crippen molar-refractivity contribution < 1.29 is 31.9 Å². The molecule has 1 N–H and O–H groups in total. The molecule has 3 rings (SSSR count). The van der Waals surface area contributed by atoms with E-state index in [0.717, 1.165) is 9.21 Å². The van der Waals surface area contributed by atoms with Crippen molar-refractivity contribution in [2.75, 3.05) is 32.1 Å². The number of carbonyl (C=O) groups is 2. The third-order valence-corrected chi connectivity index (χ3v) is 7.75. The predicted molar refractivity (Wildman–Crippen MR) is 141 cm³/mol. The van der Waals surface area contributed by atoms with E-state index in [9.17, 15) is 22.4 Å².